The van der Waals surface area contributed by atoms with Crippen LogP contribution in [0.25, 0.3) is 0 Å². The van der Waals surface area contributed by atoms with Crippen LogP contribution in [0.1, 0.15) is 6.92 Å². The Kier molecular flexibility index (Phi) is 8.37. The molecular formula is C23H31N3O5. The van der Waals surface area contributed by atoms with Gasteiger partial charge in [0.25, 0.3) is 0 Å². The predicted octanol–water partition coefficient (Wildman–Crippen LogP) is 2.83. The summed E-state index contributed by atoms with van der Waals surface area (Å²) >= 11 is 0. The van der Waals surface area contributed by atoms with E-state index in [0.29, 0.717) is 24.6 Å². The van der Waals surface area contributed by atoms with E-state index in [2.05, 4.69) is 27.2 Å². The number of benzene rings is 2. The molecule has 1 amide bonds. The lowest BCUT2D eigenvalue weighted by Crippen LogP contribution is -2.49. The third-order valence-electron chi connectivity index (χ3n) is 5.10. The van der Waals surface area contributed by atoms with Crippen molar-refractivity contribution < 1.29 is 24.1 Å². The van der Waals surface area contributed by atoms with Crippen LogP contribution in [0.4, 0.5) is 16.2 Å². The van der Waals surface area contributed by atoms with Gasteiger partial charge in [-0.05, 0) is 55.5 Å². The van der Waals surface area contributed by atoms with Crippen molar-refractivity contribution in [3.63, 3.8) is 0 Å². The fourth-order valence-corrected chi connectivity index (χ4v) is 3.44. The molecular weight excluding hydrogens is 398 g/mol. The standard InChI is InChI=1S/C23H31N3O5/c1-3-30-23(28)24-18-4-8-22(9-5-18)31-17-20(27)16-25-12-14-26(15-13-25)19-6-10-21(29-2)11-7-19/h4-11,20,27H,3,12-17H2,1-2H3,(H,24,28). The van der Waals surface area contributed by atoms with Gasteiger partial charge in [-0.2, -0.15) is 0 Å². The van der Waals surface area contributed by atoms with Crippen molar-refractivity contribution in [2.75, 3.05) is 63.3 Å². The minimum absolute atomic E-state index is 0.212. The Morgan fingerprint density at radius 2 is 1.68 bits per heavy atom. The van der Waals surface area contributed by atoms with Gasteiger partial charge in [0.05, 0.1) is 13.7 Å². The first-order chi connectivity index (χ1) is 15.1. The molecule has 0 aliphatic carbocycles. The molecule has 8 nitrogen and oxygen atoms in total. The van der Waals surface area contributed by atoms with Crippen LogP contribution in [0.5, 0.6) is 11.5 Å². The Labute approximate surface area is 183 Å². The lowest BCUT2D eigenvalue weighted by Gasteiger charge is -2.36. The molecule has 1 saturated heterocycles. The summed E-state index contributed by atoms with van der Waals surface area (Å²) in [5.74, 6) is 1.49. The molecule has 31 heavy (non-hydrogen) atoms. The molecule has 2 aromatic carbocycles. The van der Waals surface area contributed by atoms with E-state index in [1.54, 1.807) is 38.3 Å². The summed E-state index contributed by atoms with van der Waals surface area (Å²) in [5, 5.41) is 13.0. The minimum Gasteiger partial charge on any atom is -0.497 e. The van der Waals surface area contributed by atoms with Gasteiger partial charge in [0.1, 0.15) is 24.2 Å². The van der Waals surface area contributed by atoms with Crippen LogP contribution in [0.15, 0.2) is 48.5 Å². The number of anilines is 2. The normalized spacial score (nSPS) is 15.3. The Bertz CT molecular complexity index is 805. The summed E-state index contributed by atoms with van der Waals surface area (Å²) in [7, 11) is 1.67. The lowest BCUT2D eigenvalue weighted by atomic mass is 10.2. The molecule has 1 aliphatic rings. The monoisotopic (exact) mass is 429 g/mol. The van der Waals surface area contributed by atoms with Crippen molar-refractivity contribution in [1.29, 1.82) is 0 Å². The predicted molar refractivity (Wildman–Crippen MR) is 120 cm³/mol. The SMILES string of the molecule is CCOC(=O)Nc1ccc(OCC(O)CN2CCN(c3ccc(OC)cc3)CC2)cc1. The van der Waals surface area contributed by atoms with Crippen LogP contribution >= 0.6 is 0 Å². The highest BCUT2D eigenvalue weighted by Gasteiger charge is 2.20. The van der Waals surface area contributed by atoms with E-state index < -0.39 is 12.2 Å². The third kappa shape index (κ3) is 7.04. The zero-order valence-electron chi connectivity index (χ0n) is 18.1. The zero-order chi connectivity index (χ0) is 22.1. The van der Waals surface area contributed by atoms with Gasteiger partial charge in [-0.25, -0.2) is 4.79 Å². The molecule has 1 atom stereocenters. The second-order valence-electron chi connectivity index (χ2n) is 7.32. The molecule has 0 radical (unpaired) electrons. The molecule has 1 aliphatic heterocycles. The molecule has 2 N–H and O–H groups in total. The highest BCUT2D eigenvalue weighted by Crippen LogP contribution is 2.21. The highest BCUT2D eigenvalue weighted by molar-refractivity contribution is 5.84. The van der Waals surface area contributed by atoms with E-state index in [1.807, 2.05) is 12.1 Å². The summed E-state index contributed by atoms with van der Waals surface area (Å²) in [4.78, 5) is 16.0. The van der Waals surface area contributed by atoms with Crippen molar-refractivity contribution in [3.05, 3.63) is 48.5 Å². The van der Waals surface area contributed by atoms with Crippen molar-refractivity contribution in [2.24, 2.45) is 0 Å². The largest absolute Gasteiger partial charge is 0.497 e. The molecule has 1 heterocycles. The number of aliphatic hydroxyl groups is 1. The van der Waals surface area contributed by atoms with Gasteiger partial charge in [-0.1, -0.05) is 0 Å². The van der Waals surface area contributed by atoms with Gasteiger partial charge in [0, 0.05) is 44.1 Å². The van der Waals surface area contributed by atoms with E-state index in [1.165, 1.54) is 5.69 Å². The Morgan fingerprint density at radius 1 is 1.03 bits per heavy atom. The van der Waals surface area contributed by atoms with Crippen molar-refractivity contribution in [3.8, 4) is 11.5 Å². The van der Waals surface area contributed by atoms with E-state index in [9.17, 15) is 9.90 Å². The van der Waals surface area contributed by atoms with Gasteiger partial charge in [0.2, 0.25) is 0 Å². The second-order valence-corrected chi connectivity index (χ2v) is 7.32. The quantitative estimate of drug-likeness (QED) is 0.634. The van der Waals surface area contributed by atoms with E-state index in [4.69, 9.17) is 14.2 Å². The van der Waals surface area contributed by atoms with E-state index in [0.717, 1.165) is 31.9 Å². The first kappa shape index (κ1) is 22.7. The maximum absolute atomic E-state index is 11.4. The van der Waals surface area contributed by atoms with Crippen molar-refractivity contribution in [2.45, 2.75) is 13.0 Å². The van der Waals surface area contributed by atoms with Crippen molar-refractivity contribution >= 4 is 17.5 Å². The number of piperazine rings is 1. The average Bonchev–Trinajstić information content (AvgIpc) is 2.79. The maximum atomic E-state index is 11.4. The van der Waals surface area contributed by atoms with Crippen LogP contribution in [0, 0.1) is 0 Å². The molecule has 0 saturated carbocycles. The number of ether oxygens (including phenoxy) is 3. The third-order valence-corrected chi connectivity index (χ3v) is 5.10. The van der Waals surface area contributed by atoms with Gasteiger partial charge < -0.3 is 24.2 Å². The van der Waals surface area contributed by atoms with Crippen molar-refractivity contribution in [1.82, 2.24) is 4.90 Å². The highest BCUT2D eigenvalue weighted by atomic mass is 16.5. The van der Waals surface area contributed by atoms with Crippen LogP contribution < -0.4 is 19.7 Å². The van der Waals surface area contributed by atoms with Gasteiger partial charge in [-0.15, -0.1) is 0 Å². The first-order valence-corrected chi connectivity index (χ1v) is 10.5. The van der Waals surface area contributed by atoms with Crippen LogP contribution in [0.2, 0.25) is 0 Å². The van der Waals surface area contributed by atoms with Gasteiger partial charge in [-0.3, -0.25) is 10.2 Å². The maximum Gasteiger partial charge on any atom is 0.411 e. The molecule has 3 rings (SSSR count). The average molecular weight is 430 g/mol. The number of carbonyl (C=O) groups excluding carboxylic acids is 1. The number of hydrogen-bond donors (Lipinski definition) is 2. The lowest BCUT2D eigenvalue weighted by molar-refractivity contribution is 0.0663. The molecule has 0 aromatic heterocycles. The number of aliphatic hydroxyl groups excluding tert-OH is 1. The number of β-amino-alcohol motifs (C(OH)–C–C–N with tert-alkyl or cyclic N) is 1. The number of carbonyl (C=O) groups is 1. The van der Waals surface area contributed by atoms with E-state index >= 15 is 0 Å². The number of amides is 1. The summed E-state index contributed by atoms with van der Waals surface area (Å²) in [6, 6.07) is 15.1. The summed E-state index contributed by atoms with van der Waals surface area (Å²) in [6.45, 7) is 6.45. The Hall–Kier alpha value is -2.97. The van der Waals surface area contributed by atoms with E-state index in [-0.39, 0.29) is 6.61 Å². The Morgan fingerprint density at radius 3 is 2.29 bits per heavy atom. The fourth-order valence-electron chi connectivity index (χ4n) is 3.44. The van der Waals surface area contributed by atoms with Crippen LogP contribution in [0.3, 0.4) is 0 Å². The number of hydrogen-bond acceptors (Lipinski definition) is 7. The Balaban J connectivity index is 1.37. The van der Waals surface area contributed by atoms with Crippen LogP contribution in [-0.4, -0.2) is 75.3 Å². The number of rotatable bonds is 9. The summed E-state index contributed by atoms with van der Waals surface area (Å²) < 4.78 is 15.7. The molecule has 1 fully saturated rings. The van der Waals surface area contributed by atoms with Gasteiger partial charge >= 0.3 is 6.09 Å². The number of nitrogens with zero attached hydrogens (tertiary/aromatic N) is 2. The molecule has 8 heteroatoms. The van der Waals surface area contributed by atoms with Crippen LogP contribution in [-0.2, 0) is 4.74 Å². The minimum atomic E-state index is -0.579. The molecule has 1 unspecified atom stereocenters. The topological polar surface area (TPSA) is 83.5 Å². The number of methoxy groups -OCH3 is 1. The molecule has 2 aromatic rings. The molecule has 0 spiro atoms. The zero-order valence-corrected chi connectivity index (χ0v) is 18.1. The number of nitrogens with one attached hydrogen (secondary N) is 1. The smallest absolute Gasteiger partial charge is 0.411 e. The molecule has 168 valence electrons. The summed E-state index contributed by atoms with van der Waals surface area (Å²) in [6.07, 6.45) is -1.07. The first-order valence-electron chi connectivity index (χ1n) is 10.5. The second kappa shape index (κ2) is 11.4. The van der Waals surface area contributed by atoms with Gasteiger partial charge in [0.15, 0.2) is 0 Å². The summed E-state index contributed by atoms with van der Waals surface area (Å²) in [5.41, 5.74) is 1.81. The molecule has 0 bridgehead atoms. The fraction of sp³-hybridized carbons (Fsp3) is 0.435.